The maximum atomic E-state index is 12.0. The number of halogens is 1. The molecule has 0 unspecified atom stereocenters. The van der Waals surface area contributed by atoms with E-state index in [1.54, 1.807) is 19.2 Å². The average molecular weight is 535 g/mol. The number of aliphatic imine (C=N–C) groups is 1. The number of likely N-dealkylation sites (tertiary alicyclic amines) is 1. The summed E-state index contributed by atoms with van der Waals surface area (Å²) in [6.07, 6.45) is 4.02. The van der Waals surface area contributed by atoms with Gasteiger partial charge >= 0.3 is 0 Å². The molecule has 1 heterocycles. The Morgan fingerprint density at radius 1 is 0.871 bits per heavy atom. The second-order valence-corrected chi connectivity index (χ2v) is 7.63. The number of guanidine groups is 1. The minimum absolute atomic E-state index is 0. The number of piperidine rings is 1. The van der Waals surface area contributed by atoms with Crippen molar-refractivity contribution < 1.29 is 4.79 Å². The van der Waals surface area contributed by atoms with Crippen LogP contribution in [-0.4, -0.2) is 50.0 Å². The van der Waals surface area contributed by atoms with Crippen molar-refractivity contribution in [1.29, 1.82) is 0 Å². The molecule has 7 heteroatoms. The fourth-order valence-corrected chi connectivity index (χ4v) is 3.59. The van der Waals surface area contributed by atoms with Crippen molar-refractivity contribution >= 4 is 35.8 Å². The second kappa shape index (κ2) is 14.0. The van der Waals surface area contributed by atoms with Crippen molar-refractivity contribution in [3.8, 4) is 0 Å². The lowest BCUT2D eigenvalue weighted by Crippen LogP contribution is -2.41. The number of carbonyl (C=O) groups is 1. The predicted molar refractivity (Wildman–Crippen MR) is 138 cm³/mol. The van der Waals surface area contributed by atoms with E-state index in [-0.39, 0.29) is 29.9 Å². The van der Waals surface area contributed by atoms with Gasteiger partial charge in [0.05, 0.1) is 0 Å². The summed E-state index contributed by atoms with van der Waals surface area (Å²) in [6, 6.07) is 18.0. The maximum absolute atomic E-state index is 12.0. The molecule has 2 aromatic carbocycles. The van der Waals surface area contributed by atoms with Crippen molar-refractivity contribution in [1.82, 2.24) is 20.9 Å². The first-order valence-electron chi connectivity index (χ1n) is 10.8. The highest BCUT2D eigenvalue weighted by Crippen LogP contribution is 2.13. The number of amides is 1. The molecule has 0 aliphatic carbocycles. The Morgan fingerprint density at radius 3 is 2.19 bits per heavy atom. The molecule has 0 radical (unpaired) electrons. The summed E-state index contributed by atoms with van der Waals surface area (Å²) in [5, 5.41) is 9.46. The highest BCUT2D eigenvalue weighted by molar-refractivity contribution is 14.0. The number of hydrogen-bond donors (Lipinski definition) is 3. The van der Waals surface area contributed by atoms with E-state index in [0.717, 1.165) is 12.5 Å². The van der Waals surface area contributed by atoms with E-state index in [0.29, 0.717) is 25.2 Å². The zero-order chi connectivity index (χ0) is 21.0. The Labute approximate surface area is 202 Å². The number of benzene rings is 2. The van der Waals surface area contributed by atoms with Crippen molar-refractivity contribution in [3.63, 3.8) is 0 Å². The molecular formula is C24H34IN5O. The van der Waals surface area contributed by atoms with E-state index in [1.807, 2.05) is 18.2 Å². The quantitative estimate of drug-likeness (QED) is 0.210. The SMILES string of the molecule is CN=C(NCCNC(=O)c1ccccc1)NCc1ccc(CN2CCCCC2)cc1.I. The van der Waals surface area contributed by atoms with Crippen LogP contribution >= 0.6 is 24.0 Å². The van der Waals surface area contributed by atoms with E-state index in [9.17, 15) is 4.79 Å². The second-order valence-electron chi connectivity index (χ2n) is 7.63. The Morgan fingerprint density at radius 2 is 1.52 bits per heavy atom. The predicted octanol–water partition coefficient (Wildman–Crippen LogP) is 3.39. The highest BCUT2D eigenvalue weighted by atomic mass is 127. The molecule has 1 amide bonds. The molecular weight excluding hydrogens is 501 g/mol. The molecule has 3 rings (SSSR count). The first kappa shape index (κ1) is 25.1. The molecule has 0 bridgehead atoms. The minimum atomic E-state index is -0.0648. The zero-order valence-electron chi connectivity index (χ0n) is 18.3. The number of rotatable bonds is 8. The van der Waals surface area contributed by atoms with Gasteiger partial charge in [0.15, 0.2) is 5.96 Å². The number of carbonyl (C=O) groups excluding carboxylic acids is 1. The van der Waals surface area contributed by atoms with E-state index in [2.05, 4.69) is 50.1 Å². The Hall–Kier alpha value is -2.13. The summed E-state index contributed by atoms with van der Waals surface area (Å²) in [5.74, 6) is 0.659. The minimum Gasteiger partial charge on any atom is -0.355 e. The van der Waals surface area contributed by atoms with E-state index in [4.69, 9.17) is 0 Å². The summed E-state index contributed by atoms with van der Waals surface area (Å²) in [4.78, 5) is 18.8. The summed E-state index contributed by atoms with van der Waals surface area (Å²) in [7, 11) is 1.75. The Kier molecular flexibility index (Phi) is 11.4. The summed E-state index contributed by atoms with van der Waals surface area (Å²) < 4.78 is 0. The average Bonchev–Trinajstić information content (AvgIpc) is 2.80. The molecule has 1 saturated heterocycles. The highest BCUT2D eigenvalue weighted by Gasteiger charge is 2.10. The molecule has 0 atom stereocenters. The van der Waals surface area contributed by atoms with Crippen LogP contribution in [0.2, 0.25) is 0 Å². The van der Waals surface area contributed by atoms with Gasteiger partial charge in [-0.05, 0) is 49.2 Å². The smallest absolute Gasteiger partial charge is 0.251 e. The van der Waals surface area contributed by atoms with Gasteiger partial charge in [0.25, 0.3) is 5.91 Å². The standard InChI is InChI=1S/C24H33N5O.HI/c1-25-24(27-15-14-26-23(30)22-8-4-2-5-9-22)28-18-20-10-12-21(13-11-20)19-29-16-6-3-7-17-29;/h2,4-5,8-13H,3,6-7,14-19H2,1H3,(H,26,30)(H2,25,27,28);1H. The normalized spacial score (nSPS) is 14.4. The molecule has 0 aromatic heterocycles. The van der Waals surface area contributed by atoms with Crippen LogP contribution in [0.15, 0.2) is 59.6 Å². The van der Waals surface area contributed by atoms with Crippen LogP contribution in [0.3, 0.4) is 0 Å². The van der Waals surface area contributed by atoms with Gasteiger partial charge in [0.1, 0.15) is 0 Å². The van der Waals surface area contributed by atoms with E-state index in [1.165, 1.54) is 43.5 Å². The van der Waals surface area contributed by atoms with Gasteiger partial charge < -0.3 is 16.0 Å². The van der Waals surface area contributed by atoms with Crippen molar-refractivity contribution in [2.75, 3.05) is 33.2 Å². The van der Waals surface area contributed by atoms with E-state index >= 15 is 0 Å². The maximum Gasteiger partial charge on any atom is 0.251 e. The van der Waals surface area contributed by atoms with Gasteiger partial charge in [-0.3, -0.25) is 14.7 Å². The van der Waals surface area contributed by atoms with Gasteiger partial charge in [0.2, 0.25) is 0 Å². The van der Waals surface area contributed by atoms with E-state index < -0.39 is 0 Å². The Bertz CT molecular complexity index is 804. The van der Waals surface area contributed by atoms with Crippen LogP contribution in [0, 0.1) is 0 Å². The molecule has 2 aromatic rings. The molecule has 3 N–H and O–H groups in total. The molecule has 168 valence electrons. The molecule has 6 nitrogen and oxygen atoms in total. The molecule has 1 fully saturated rings. The fraction of sp³-hybridized carbons (Fsp3) is 0.417. The third kappa shape index (κ3) is 8.86. The van der Waals surface area contributed by atoms with Crippen LogP contribution in [0.1, 0.15) is 40.7 Å². The van der Waals surface area contributed by atoms with Gasteiger partial charge in [-0.15, -0.1) is 24.0 Å². The number of nitrogens with zero attached hydrogens (tertiary/aromatic N) is 2. The third-order valence-corrected chi connectivity index (χ3v) is 5.30. The van der Waals surface area contributed by atoms with Crippen molar-refractivity contribution in [2.24, 2.45) is 4.99 Å². The van der Waals surface area contributed by atoms with Crippen LogP contribution < -0.4 is 16.0 Å². The van der Waals surface area contributed by atoms with Gasteiger partial charge in [0, 0.05) is 38.8 Å². The third-order valence-electron chi connectivity index (χ3n) is 5.30. The number of hydrogen-bond acceptors (Lipinski definition) is 3. The summed E-state index contributed by atoms with van der Waals surface area (Å²) in [6.45, 7) is 5.33. The zero-order valence-corrected chi connectivity index (χ0v) is 20.6. The van der Waals surface area contributed by atoms with Crippen LogP contribution in [0.4, 0.5) is 0 Å². The van der Waals surface area contributed by atoms with Crippen LogP contribution in [0.25, 0.3) is 0 Å². The monoisotopic (exact) mass is 535 g/mol. The molecule has 1 aliphatic rings. The molecule has 0 spiro atoms. The van der Waals surface area contributed by atoms with Crippen LogP contribution in [-0.2, 0) is 13.1 Å². The lowest BCUT2D eigenvalue weighted by molar-refractivity contribution is 0.0954. The molecule has 31 heavy (non-hydrogen) atoms. The number of nitrogens with one attached hydrogen (secondary N) is 3. The first-order valence-corrected chi connectivity index (χ1v) is 10.8. The molecule has 1 aliphatic heterocycles. The lowest BCUT2D eigenvalue weighted by Gasteiger charge is -2.26. The summed E-state index contributed by atoms with van der Waals surface area (Å²) >= 11 is 0. The summed E-state index contributed by atoms with van der Waals surface area (Å²) in [5.41, 5.74) is 3.26. The lowest BCUT2D eigenvalue weighted by atomic mass is 10.1. The van der Waals surface area contributed by atoms with Gasteiger partial charge in [-0.2, -0.15) is 0 Å². The fourth-order valence-electron chi connectivity index (χ4n) is 3.59. The van der Waals surface area contributed by atoms with Crippen molar-refractivity contribution in [3.05, 3.63) is 71.3 Å². The molecule has 0 saturated carbocycles. The van der Waals surface area contributed by atoms with Crippen LogP contribution in [0.5, 0.6) is 0 Å². The topological polar surface area (TPSA) is 68.8 Å². The largest absolute Gasteiger partial charge is 0.355 e. The van der Waals surface area contributed by atoms with Crippen molar-refractivity contribution in [2.45, 2.75) is 32.4 Å². The Balaban J connectivity index is 0.00000341. The first-order chi connectivity index (χ1) is 14.7. The van der Waals surface area contributed by atoms with Gasteiger partial charge in [-0.25, -0.2) is 0 Å². The van der Waals surface area contributed by atoms with Gasteiger partial charge in [-0.1, -0.05) is 48.9 Å².